The highest BCUT2D eigenvalue weighted by Gasteiger charge is 2.16. The number of aromatic nitrogens is 1. The van der Waals surface area contributed by atoms with E-state index < -0.39 is 29.2 Å². The predicted molar refractivity (Wildman–Crippen MR) is 43.0 cm³/mol. The summed E-state index contributed by atoms with van der Waals surface area (Å²) in [4.78, 5) is 13.2. The summed E-state index contributed by atoms with van der Waals surface area (Å²) in [6.45, 7) is -0.529. The highest BCUT2D eigenvalue weighted by Crippen LogP contribution is 2.21. The number of H-pyrrole nitrogens is 1. The molecule has 1 heterocycles. The van der Waals surface area contributed by atoms with Crippen LogP contribution in [0.25, 0.3) is 0 Å². The molecule has 0 aromatic carbocycles. The highest BCUT2D eigenvalue weighted by molar-refractivity contribution is 6.31. The van der Waals surface area contributed by atoms with Crippen molar-refractivity contribution in [2.75, 3.05) is 0 Å². The first-order chi connectivity index (χ1) is 6.07. The number of aliphatic hydroxyl groups is 1. The molecule has 1 aromatic heterocycles. The van der Waals surface area contributed by atoms with Crippen LogP contribution in [0, 0.1) is 0 Å². The Labute approximate surface area is 77.0 Å². The second-order valence-electron chi connectivity index (χ2n) is 2.33. The van der Waals surface area contributed by atoms with E-state index in [9.17, 15) is 13.6 Å². The first kappa shape index (κ1) is 10.1. The summed E-state index contributed by atoms with van der Waals surface area (Å²) in [6, 6.07) is 0. The van der Waals surface area contributed by atoms with E-state index in [4.69, 9.17) is 16.7 Å². The van der Waals surface area contributed by atoms with Crippen LogP contribution >= 0.6 is 11.6 Å². The van der Waals surface area contributed by atoms with Crippen molar-refractivity contribution in [2.45, 2.75) is 13.0 Å². The van der Waals surface area contributed by atoms with Gasteiger partial charge in [-0.3, -0.25) is 4.79 Å². The lowest BCUT2D eigenvalue weighted by Gasteiger charge is -2.03. The number of hydrogen-bond acceptors (Lipinski definition) is 2. The molecule has 0 spiro atoms. The van der Waals surface area contributed by atoms with E-state index in [0.29, 0.717) is 0 Å². The minimum atomic E-state index is -2.83. The zero-order valence-corrected chi connectivity index (χ0v) is 7.11. The fourth-order valence-corrected chi connectivity index (χ4v) is 1.09. The molecule has 1 aromatic rings. The number of aliphatic hydroxyl groups excluding tert-OH is 1. The van der Waals surface area contributed by atoms with E-state index in [1.54, 1.807) is 0 Å². The Kier molecular flexibility index (Phi) is 3.00. The van der Waals surface area contributed by atoms with Crippen molar-refractivity contribution >= 4 is 11.6 Å². The smallest absolute Gasteiger partial charge is 0.279 e. The molecule has 0 fully saturated rings. The molecule has 0 aliphatic carbocycles. The normalized spacial score (nSPS) is 10.8. The molecule has 2 N–H and O–H groups in total. The maximum Gasteiger partial charge on any atom is 0.279 e. The molecule has 13 heavy (non-hydrogen) atoms. The third-order valence-electron chi connectivity index (χ3n) is 1.52. The van der Waals surface area contributed by atoms with Crippen LogP contribution in [0.15, 0.2) is 11.0 Å². The fraction of sp³-hybridized carbons (Fsp3) is 0.286. The number of aromatic amines is 1. The van der Waals surface area contributed by atoms with Crippen molar-refractivity contribution < 1.29 is 13.9 Å². The van der Waals surface area contributed by atoms with Crippen molar-refractivity contribution in [1.29, 1.82) is 0 Å². The number of rotatable bonds is 2. The second kappa shape index (κ2) is 3.85. The summed E-state index contributed by atoms with van der Waals surface area (Å²) >= 11 is 5.34. The van der Waals surface area contributed by atoms with Gasteiger partial charge in [0.2, 0.25) is 5.43 Å². The molecule has 3 nitrogen and oxygen atoms in total. The summed E-state index contributed by atoms with van der Waals surface area (Å²) in [6.07, 6.45) is -1.80. The first-order valence-corrected chi connectivity index (χ1v) is 3.74. The summed E-state index contributed by atoms with van der Waals surface area (Å²) in [5, 5.41) is 8.04. The van der Waals surface area contributed by atoms with E-state index >= 15 is 0 Å². The van der Waals surface area contributed by atoms with Crippen LogP contribution in [0.2, 0.25) is 5.02 Å². The first-order valence-electron chi connectivity index (χ1n) is 3.37. The van der Waals surface area contributed by atoms with Crippen LogP contribution in [0.4, 0.5) is 8.78 Å². The molecule has 0 atom stereocenters. The summed E-state index contributed by atoms with van der Waals surface area (Å²) in [5.41, 5.74) is -1.42. The number of hydrogen-bond donors (Lipinski definition) is 2. The molecule has 0 unspecified atom stereocenters. The average molecular weight is 210 g/mol. The van der Waals surface area contributed by atoms with Gasteiger partial charge < -0.3 is 10.1 Å². The van der Waals surface area contributed by atoms with Crippen molar-refractivity contribution in [2.24, 2.45) is 0 Å². The van der Waals surface area contributed by atoms with Crippen LogP contribution in [-0.4, -0.2) is 10.1 Å². The number of halogens is 3. The zero-order chi connectivity index (χ0) is 10.0. The predicted octanol–water partition coefficient (Wildman–Crippen LogP) is 1.46. The molecular weight excluding hydrogens is 204 g/mol. The van der Waals surface area contributed by atoms with Crippen LogP contribution in [-0.2, 0) is 6.61 Å². The van der Waals surface area contributed by atoms with Crippen molar-refractivity contribution in [3.05, 3.63) is 32.7 Å². The summed E-state index contributed by atoms with van der Waals surface area (Å²) < 4.78 is 24.3. The molecule has 72 valence electrons. The molecular formula is C7H6ClF2NO2. The van der Waals surface area contributed by atoms with Gasteiger partial charge in [0.1, 0.15) is 10.7 Å². The maximum absolute atomic E-state index is 12.1. The minimum Gasteiger partial charge on any atom is -0.391 e. The number of nitrogens with one attached hydrogen (secondary N) is 1. The fourth-order valence-electron chi connectivity index (χ4n) is 0.833. The van der Waals surface area contributed by atoms with Gasteiger partial charge in [-0.15, -0.1) is 0 Å². The van der Waals surface area contributed by atoms with Gasteiger partial charge >= 0.3 is 0 Å². The number of pyridine rings is 1. The standard InChI is InChI=1S/C7H6ClF2NO2/c8-4-5(7(9)10)11-1-3(2-12)6(4)13/h1,7,12H,2H2,(H,11,13). The van der Waals surface area contributed by atoms with Gasteiger partial charge in [-0.25, -0.2) is 8.78 Å². The molecule has 0 radical (unpaired) electrons. The Bertz CT molecular complexity index is 364. The van der Waals surface area contributed by atoms with Crippen LogP contribution in [0.3, 0.4) is 0 Å². The van der Waals surface area contributed by atoms with Gasteiger partial charge in [-0.2, -0.15) is 0 Å². The molecule has 0 aliphatic heterocycles. The quantitative estimate of drug-likeness (QED) is 0.775. The summed E-state index contributed by atoms with van der Waals surface area (Å²) in [5.74, 6) is 0. The van der Waals surface area contributed by atoms with E-state index in [-0.39, 0.29) is 5.56 Å². The third-order valence-corrected chi connectivity index (χ3v) is 1.89. The lowest BCUT2D eigenvalue weighted by molar-refractivity contribution is 0.146. The Morgan fingerprint density at radius 3 is 2.69 bits per heavy atom. The Morgan fingerprint density at radius 1 is 1.62 bits per heavy atom. The van der Waals surface area contributed by atoms with Gasteiger partial charge in [0.15, 0.2) is 0 Å². The van der Waals surface area contributed by atoms with E-state index in [2.05, 4.69) is 4.98 Å². The van der Waals surface area contributed by atoms with Crippen molar-refractivity contribution in [1.82, 2.24) is 4.98 Å². The molecule has 1 rings (SSSR count). The van der Waals surface area contributed by atoms with Crippen molar-refractivity contribution in [3.63, 3.8) is 0 Å². The summed E-state index contributed by atoms with van der Waals surface area (Å²) in [7, 11) is 0. The molecule has 0 aliphatic rings. The molecule has 0 saturated carbocycles. The molecule has 0 bridgehead atoms. The largest absolute Gasteiger partial charge is 0.391 e. The lowest BCUT2D eigenvalue weighted by Crippen LogP contribution is -2.13. The Balaban J connectivity index is 3.32. The Hall–Kier alpha value is -0.940. The van der Waals surface area contributed by atoms with E-state index in [1.807, 2.05) is 0 Å². The van der Waals surface area contributed by atoms with Crippen LogP contribution < -0.4 is 5.43 Å². The van der Waals surface area contributed by atoms with E-state index in [1.165, 1.54) is 0 Å². The van der Waals surface area contributed by atoms with Gasteiger partial charge in [0.05, 0.1) is 6.61 Å². The molecule has 6 heteroatoms. The highest BCUT2D eigenvalue weighted by atomic mass is 35.5. The molecule has 0 saturated heterocycles. The average Bonchev–Trinajstić information content (AvgIpc) is 2.09. The third kappa shape index (κ3) is 1.87. The van der Waals surface area contributed by atoms with Crippen LogP contribution in [0.1, 0.15) is 17.7 Å². The van der Waals surface area contributed by atoms with Gasteiger partial charge in [-0.1, -0.05) is 11.6 Å². The van der Waals surface area contributed by atoms with Crippen LogP contribution in [0.5, 0.6) is 0 Å². The van der Waals surface area contributed by atoms with Crippen molar-refractivity contribution in [3.8, 4) is 0 Å². The lowest BCUT2D eigenvalue weighted by atomic mass is 10.2. The van der Waals surface area contributed by atoms with Gasteiger partial charge in [0.25, 0.3) is 6.43 Å². The minimum absolute atomic E-state index is 0.0330. The SMILES string of the molecule is O=c1c(CO)c[nH]c(C(F)F)c1Cl. The Morgan fingerprint density at radius 2 is 2.23 bits per heavy atom. The zero-order valence-electron chi connectivity index (χ0n) is 6.35. The maximum atomic E-state index is 12.1. The van der Waals surface area contributed by atoms with E-state index in [0.717, 1.165) is 6.20 Å². The molecule has 0 amide bonds. The second-order valence-corrected chi connectivity index (χ2v) is 2.71. The monoisotopic (exact) mass is 209 g/mol. The van der Waals surface area contributed by atoms with Gasteiger partial charge in [-0.05, 0) is 0 Å². The topological polar surface area (TPSA) is 53.1 Å². The van der Waals surface area contributed by atoms with Gasteiger partial charge in [0, 0.05) is 11.8 Å². The number of alkyl halides is 2.